The zero-order chi connectivity index (χ0) is 13.2. The molecular weight excluding hydrogens is 344 g/mol. The molecule has 1 aromatic heterocycles. The van der Waals surface area contributed by atoms with Crippen LogP contribution in [0.4, 0.5) is 0 Å². The number of rotatable bonds is 5. The van der Waals surface area contributed by atoms with Gasteiger partial charge in [-0.1, -0.05) is 26.1 Å². The van der Waals surface area contributed by atoms with Gasteiger partial charge in [0.15, 0.2) is 0 Å². The lowest BCUT2D eigenvalue weighted by Gasteiger charge is -2.20. The Hall–Kier alpha value is -0.0200. The van der Waals surface area contributed by atoms with Gasteiger partial charge in [0.25, 0.3) is 10.0 Å². The summed E-state index contributed by atoms with van der Waals surface area (Å²) < 4.78 is 27.5. The second-order valence-electron chi connectivity index (χ2n) is 3.80. The Morgan fingerprint density at radius 1 is 1.59 bits per heavy atom. The Morgan fingerprint density at radius 2 is 2.18 bits per heavy atom. The van der Waals surface area contributed by atoms with Crippen molar-refractivity contribution >= 4 is 54.5 Å². The van der Waals surface area contributed by atoms with E-state index in [0.29, 0.717) is 4.47 Å². The van der Waals surface area contributed by atoms with Crippen LogP contribution in [-0.4, -0.2) is 19.4 Å². The van der Waals surface area contributed by atoms with Gasteiger partial charge in [-0.25, -0.2) is 13.1 Å². The molecule has 0 fully saturated rings. The monoisotopic (exact) mass is 356 g/mol. The predicted molar refractivity (Wildman–Crippen MR) is 77.8 cm³/mol. The molecule has 0 saturated carbocycles. The Bertz CT molecular complexity index is 510. The molecule has 0 aliphatic rings. The summed E-state index contributed by atoms with van der Waals surface area (Å²) in [4.78, 5) is 0.149. The van der Waals surface area contributed by atoms with Gasteiger partial charge in [0, 0.05) is 4.47 Å². The van der Waals surface area contributed by atoms with Crippen LogP contribution >= 0.6 is 39.5 Å². The van der Waals surface area contributed by atoms with Crippen LogP contribution in [0.1, 0.15) is 13.8 Å². The Balaban J connectivity index is 3.01. The minimum Gasteiger partial charge on any atom is -0.392 e. The molecule has 0 aliphatic heterocycles. The highest BCUT2D eigenvalue weighted by Crippen LogP contribution is 2.27. The van der Waals surface area contributed by atoms with Crippen LogP contribution in [0.15, 0.2) is 20.1 Å². The molecule has 1 aromatic rings. The van der Waals surface area contributed by atoms with Crippen molar-refractivity contribution in [2.75, 3.05) is 0 Å². The Morgan fingerprint density at radius 3 is 2.53 bits per heavy atom. The molecule has 3 N–H and O–H groups in total. The molecule has 96 valence electrons. The first-order valence-corrected chi connectivity index (χ1v) is 8.36. The van der Waals surface area contributed by atoms with Crippen LogP contribution in [-0.2, 0) is 10.0 Å². The lowest BCUT2D eigenvalue weighted by Crippen LogP contribution is -2.46. The zero-order valence-electron chi connectivity index (χ0n) is 9.31. The highest BCUT2D eigenvalue weighted by molar-refractivity contribution is 9.10. The molecule has 1 unspecified atom stereocenters. The summed E-state index contributed by atoms with van der Waals surface area (Å²) in [5.74, 6) is 0.000938. The molecular formula is C9H13BrN2O2S3. The number of nitrogens with one attached hydrogen (secondary N) is 1. The van der Waals surface area contributed by atoms with E-state index in [1.165, 1.54) is 0 Å². The largest absolute Gasteiger partial charge is 0.392 e. The highest BCUT2D eigenvalue weighted by atomic mass is 79.9. The van der Waals surface area contributed by atoms with Gasteiger partial charge in [0.05, 0.1) is 11.0 Å². The number of hydrogen-bond donors (Lipinski definition) is 2. The number of nitrogens with two attached hydrogens (primary N) is 1. The number of thiophene rings is 1. The molecule has 8 heteroatoms. The van der Waals surface area contributed by atoms with Crippen LogP contribution in [0.5, 0.6) is 0 Å². The summed E-state index contributed by atoms with van der Waals surface area (Å²) in [6.45, 7) is 3.71. The van der Waals surface area contributed by atoms with Crippen LogP contribution in [0.2, 0.25) is 0 Å². The molecule has 17 heavy (non-hydrogen) atoms. The van der Waals surface area contributed by atoms with E-state index < -0.39 is 16.1 Å². The maximum Gasteiger partial charge on any atom is 0.251 e. The van der Waals surface area contributed by atoms with Crippen molar-refractivity contribution in [2.45, 2.75) is 24.1 Å². The maximum absolute atomic E-state index is 12.1. The number of sulfonamides is 1. The van der Waals surface area contributed by atoms with Gasteiger partial charge in [0.2, 0.25) is 0 Å². The van der Waals surface area contributed by atoms with Crippen molar-refractivity contribution in [3.63, 3.8) is 0 Å². The van der Waals surface area contributed by atoms with Gasteiger partial charge >= 0.3 is 0 Å². The summed E-state index contributed by atoms with van der Waals surface area (Å²) in [7, 11) is -3.58. The molecule has 1 rings (SSSR count). The van der Waals surface area contributed by atoms with Gasteiger partial charge < -0.3 is 5.73 Å². The van der Waals surface area contributed by atoms with Crippen molar-refractivity contribution in [1.29, 1.82) is 0 Å². The van der Waals surface area contributed by atoms with E-state index in [2.05, 4.69) is 20.7 Å². The second kappa shape index (κ2) is 5.75. The molecule has 4 nitrogen and oxygen atoms in total. The van der Waals surface area contributed by atoms with E-state index in [1.807, 2.05) is 13.8 Å². The fraction of sp³-hybridized carbons (Fsp3) is 0.444. The standard InChI is InChI=1S/C9H13BrN2O2S3/c1-5(2)7(8(11)15)12-17(13,14)9-6(10)3-4-16-9/h3-5,7,12H,1-2H3,(H2,11,15). The lowest BCUT2D eigenvalue weighted by atomic mass is 10.1. The third-order valence-corrected chi connectivity index (χ3v) is 6.45. The van der Waals surface area contributed by atoms with E-state index in [1.54, 1.807) is 11.4 Å². The molecule has 0 aliphatic carbocycles. The normalized spacial score (nSPS) is 13.9. The van der Waals surface area contributed by atoms with E-state index in [9.17, 15) is 8.42 Å². The minimum atomic E-state index is -3.58. The number of halogens is 1. The predicted octanol–water partition coefficient (Wildman–Crippen LogP) is 2.10. The first-order chi connectivity index (χ1) is 7.75. The summed E-state index contributed by atoms with van der Waals surface area (Å²) in [5, 5.41) is 1.70. The Kier molecular flexibility index (Phi) is 5.08. The average Bonchev–Trinajstić information content (AvgIpc) is 2.60. The summed E-state index contributed by atoms with van der Waals surface area (Å²) in [5.41, 5.74) is 5.53. The van der Waals surface area contributed by atoms with Gasteiger partial charge in [-0.05, 0) is 33.3 Å². The Labute approximate surface area is 119 Å². The van der Waals surface area contributed by atoms with Gasteiger partial charge in [-0.15, -0.1) is 11.3 Å². The van der Waals surface area contributed by atoms with Crippen molar-refractivity contribution < 1.29 is 8.42 Å². The SMILES string of the molecule is CC(C)C(NS(=O)(=O)c1sccc1Br)C(N)=S. The summed E-state index contributed by atoms with van der Waals surface area (Å²) in [6, 6.07) is 1.15. The zero-order valence-corrected chi connectivity index (χ0v) is 13.3. The first-order valence-electron chi connectivity index (χ1n) is 4.80. The summed E-state index contributed by atoms with van der Waals surface area (Å²) >= 11 is 9.20. The molecule has 1 atom stereocenters. The lowest BCUT2D eigenvalue weighted by molar-refractivity contribution is 0.527. The first kappa shape index (κ1) is 15.0. The van der Waals surface area contributed by atoms with E-state index in [4.69, 9.17) is 18.0 Å². The number of thiocarbonyl (C=S) groups is 1. The molecule has 0 saturated heterocycles. The van der Waals surface area contributed by atoms with E-state index in [-0.39, 0.29) is 15.1 Å². The fourth-order valence-electron chi connectivity index (χ4n) is 1.21. The number of hydrogen-bond acceptors (Lipinski definition) is 4. The van der Waals surface area contributed by atoms with Gasteiger partial charge in [-0.2, -0.15) is 0 Å². The van der Waals surface area contributed by atoms with Crippen molar-refractivity contribution in [1.82, 2.24) is 4.72 Å². The summed E-state index contributed by atoms with van der Waals surface area (Å²) in [6.07, 6.45) is 0. The molecule has 0 radical (unpaired) electrons. The average molecular weight is 357 g/mol. The van der Waals surface area contributed by atoms with Crippen molar-refractivity contribution in [3.05, 3.63) is 15.9 Å². The van der Waals surface area contributed by atoms with Gasteiger partial charge in [-0.3, -0.25) is 0 Å². The second-order valence-corrected chi connectivity index (χ2v) is 7.95. The van der Waals surface area contributed by atoms with Crippen LogP contribution < -0.4 is 10.5 Å². The van der Waals surface area contributed by atoms with E-state index in [0.717, 1.165) is 11.3 Å². The third kappa shape index (κ3) is 3.72. The van der Waals surface area contributed by atoms with Gasteiger partial charge in [0.1, 0.15) is 4.21 Å². The minimum absolute atomic E-state index is 0.000938. The maximum atomic E-state index is 12.1. The molecule has 0 spiro atoms. The van der Waals surface area contributed by atoms with Crippen molar-refractivity contribution in [2.24, 2.45) is 11.7 Å². The van der Waals surface area contributed by atoms with Crippen LogP contribution in [0, 0.1) is 5.92 Å². The molecule has 0 bridgehead atoms. The molecule has 0 aromatic carbocycles. The van der Waals surface area contributed by atoms with Crippen LogP contribution in [0.3, 0.4) is 0 Å². The molecule has 0 amide bonds. The highest BCUT2D eigenvalue weighted by Gasteiger charge is 2.26. The van der Waals surface area contributed by atoms with Crippen LogP contribution in [0.25, 0.3) is 0 Å². The third-order valence-electron chi connectivity index (χ3n) is 2.08. The topological polar surface area (TPSA) is 72.2 Å². The van der Waals surface area contributed by atoms with Crippen molar-refractivity contribution in [3.8, 4) is 0 Å². The quantitative estimate of drug-likeness (QED) is 0.792. The smallest absolute Gasteiger partial charge is 0.251 e. The molecule has 1 heterocycles. The van der Waals surface area contributed by atoms with E-state index >= 15 is 0 Å². The fourth-order valence-corrected chi connectivity index (χ4v) is 5.34.